The van der Waals surface area contributed by atoms with Gasteiger partial charge < -0.3 is 14.1 Å². The van der Waals surface area contributed by atoms with Gasteiger partial charge >= 0.3 is 5.63 Å². The summed E-state index contributed by atoms with van der Waals surface area (Å²) in [6.45, 7) is 4.39. The van der Waals surface area contributed by atoms with E-state index < -0.39 is 5.63 Å². The summed E-state index contributed by atoms with van der Waals surface area (Å²) in [4.78, 5) is 32.1. The molecule has 7 heteroatoms. The van der Waals surface area contributed by atoms with E-state index in [9.17, 15) is 9.59 Å². The van der Waals surface area contributed by atoms with Crippen LogP contribution in [-0.4, -0.2) is 36.5 Å². The Balaban J connectivity index is 1.78. The summed E-state index contributed by atoms with van der Waals surface area (Å²) < 4.78 is 10.6. The Morgan fingerprint density at radius 1 is 1.33 bits per heavy atom. The lowest BCUT2D eigenvalue weighted by Gasteiger charge is -2.17. The van der Waals surface area contributed by atoms with Crippen LogP contribution in [-0.2, 0) is 17.6 Å². The first-order valence-electron chi connectivity index (χ1n) is 8.64. The van der Waals surface area contributed by atoms with Gasteiger partial charge in [0.2, 0.25) is 5.91 Å². The molecule has 3 aromatic rings. The molecule has 0 N–H and O–H groups in total. The number of carbonyl (C=O) groups excluding carboxylic acids is 1. The molecule has 0 aliphatic carbocycles. The van der Waals surface area contributed by atoms with Crippen LogP contribution in [0.15, 0.2) is 32.9 Å². The zero-order chi connectivity index (χ0) is 19.6. The second-order valence-electron chi connectivity index (χ2n) is 6.46. The van der Waals surface area contributed by atoms with Crippen molar-refractivity contribution in [2.45, 2.75) is 26.7 Å². The number of aryl methyl sites for hydroxylation is 2. The first kappa shape index (κ1) is 19.1. The number of likely N-dealkylation sites (N-methyl/N-ethyl adjacent to an activating group) is 1. The molecule has 0 unspecified atom stereocenters. The van der Waals surface area contributed by atoms with Gasteiger partial charge in [-0.1, -0.05) is 0 Å². The van der Waals surface area contributed by atoms with Crippen LogP contribution >= 0.6 is 11.3 Å². The van der Waals surface area contributed by atoms with Crippen molar-refractivity contribution in [2.24, 2.45) is 0 Å². The molecule has 0 fully saturated rings. The Bertz CT molecular complexity index is 1040. The van der Waals surface area contributed by atoms with Crippen LogP contribution in [0.5, 0.6) is 5.75 Å². The van der Waals surface area contributed by atoms with E-state index in [1.807, 2.05) is 31.5 Å². The fourth-order valence-corrected chi connectivity index (χ4v) is 3.72. The quantitative estimate of drug-likeness (QED) is 0.609. The van der Waals surface area contributed by atoms with Crippen molar-refractivity contribution in [3.63, 3.8) is 0 Å². The highest BCUT2D eigenvalue weighted by molar-refractivity contribution is 7.09. The van der Waals surface area contributed by atoms with Gasteiger partial charge in [-0.3, -0.25) is 4.79 Å². The first-order chi connectivity index (χ1) is 12.9. The van der Waals surface area contributed by atoms with Gasteiger partial charge in [0, 0.05) is 36.3 Å². The fourth-order valence-electron chi connectivity index (χ4n) is 2.95. The molecule has 3 rings (SSSR count). The molecule has 6 nitrogen and oxygen atoms in total. The van der Waals surface area contributed by atoms with E-state index in [1.54, 1.807) is 36.5 Å². The summed E-state index contributed by atoms with van der Waals surface area (Å²) in [6, 6.07) is 5.33. The number of hydrogen-bond acceptors (Lipinski definition) is 6. The molecule has 1 aromatic carbocycles. The average Bonchev–Trinajstić information content (AvgIpc) is 3.07. The second kappa shape index (κ2) is 7.92. The number of nitrogens with zero attached hydrogens (tertiary/aromatic N) is 2. The third kappa shape index (κ3) is 4.03. The molecule has 0 aliphatic rings. The van der Waals surface area contributed by atoms with Crippen molar-refractivity contribution in [3.05, 3.63) is 55.8 Å². The van der Waals surface area contributed by atoms with E-state index in [2.05, 4.69) is 4.98 Å². The van der Waals surface area contributed by atoms with Crippen molar-refractivity contribution in [1.82, 2.24) is 9.88 Å². The van der Waals surface area contributed by atoms with E-state index in [1.165, 1.54) is 4.88 Å². The Morgan fingerprint density at radius 3 is 2.78 bits per heavy atom. The SMILES string of the molecule is COc1ccc2c(C)c(CC(=O)N(C)CCc3scnc3C)c(=O)oc2c1. The largest absolute Gasteiger partial charge is 0.497 e. The molecule has 2 heterocycles. The number of hydrogen-bond donors (Lipinski definition) is 0. The Kier molecular flexibility index (Phi) is 5.60. The number of carbonyl (C=O) groups is 1. The average molecular weight is 386 g/mol. The van der Waals surface area contributed by atoms with E-state index in [4.69, 9.17) is 9.15 Å². The summed E-state index contributed by atoms with van der Waals surface area (Å²) in [5.41, 5.74) is 3.96. The summed E-state index contributed by atoms with van der Waals surface area (Å²) in [7, 11) is 3.31. The van der Waals surface area contributed by atoms with Gasteiger partial charge in [-0.05, 0) is 31.5 Å². The van der Waals surface area contributed by atoms with Crippen molar-refractivity contribution in [3.8, 4) is 5.75 Å². The summed E-state index contributed by atoms with van der Waals surface area (Å²) in [5.74, 6) is 0.507. The monoisotopic (exact) mass is 386 g/mol. The van der Waals surface area contributed by atoms with Crippen molar-refractivity contribution in [1.29, 1.82) is 0 Å². The predicted octanol–water partition coefficient (Wildman–Crippen LogP) is 3.12. The third-order valence-corrected chi connectivity index (χ3v) is 5.76. The van der Waals surface area contributed by atoms with Crippen LogP contribution < -0.4 is 10.4 Å². The first-order valence-corrected chi connectivity index (χ1v) is 9.52. The molecule has 0 bridgehead atoms. The maximum Gasteiger partial charge on any atom is 0.340 e. The van der Waals surface area contributed by atoms with Gasteiger partial charge in [-0.15, -0.1) is 11.3 Å². The predicted molar refractivity (Wildman–Crippen MR) is 106 cm³/mol. The van der Waals surface area contributed by atoms with Gasteiger partial charge in [0.15, 0.2) is 0 Å². The fraction of sp³-hybridized carbons (Fsp3) is 0.350. The number of rotatable bonds is 6. The number of amides is 1. The van der Waals surface area contributed by atoms with Crippen LogP contribution in [0.25, 0.3) is 11.0 Å². The highest BCUT2D eigenvalue weighted by Crippen LogP contribution is 2.24. The number of thiazole rings is 1. The molecule has 0 aliphatic heterocycles. The zero-order valence-electron chi connectivity index (χ0n) is 15.9. The molecule has 1 amide bonds. The Labute approximate surface area is 161 Å². The number of methoxy groups -OCH3 is 1. The minimum atomic E-state index is -0.478. The van der Waals surface area contributed by atoms with Crippen molar-refractivity contribution >= 4 is 28.2 Å². The molecule has 0 radical (unpaired) electrons. The molecular weight excluding hydrogens is 364 g/mol. The van der Waals surface area contributed by atoms with Crippen LogP contribution in [0.4, 0.5) is 0 Å². The molecule has 142 valence electrons. The maximum atomic E-state index is 12.6. The molecule has 27 heavy (non-hydrogen) atoms. The maximum absolute atomic E-state index is 12.6. The number of fused-ring (bicyclic) bond motifs is 1. The Morgan fingerprint density at radius 2 is 2.11 bits per heavy atom. The number of ether oxygens (including phenoxy) is 1. The van der Waals surface area contributed by atoms with Gasteiger partial charge in [0.1, 0.15) is 11.3 Å². The lowest BCUT2D eigenvalue weighted by atomic mass is 10.0. The molecule has 2 aromatic heterocycles. The van der Waals surface area contributed by atoms with Crippen LogP contribution in [0.2, 0.25) is 0 Å². The smallest absolute Gasteiger partial charge is 0.340 e. The van der Waals surface area contributed by atoms with E-state index in [0.29, 0.717) is 23.4 Å². The minimum Gasteiger partial charge on any atom is -0.497 e. The molecule has 0 spiro atoms. The van der Waals surface area contributed by atoms with Crippen molar-refractivity contribution < 1.29 is 13.9 Å². The molecule has 0 saturated carbocycles. The third-order valence-electron chi connectivity index (χ3n) is 4.77. The standard InChI is InChI=1S/C20H22N2O4S/c1-12-15-6-5-14(25-4)9-17(15)26-20(24)16(12)10-19(23)22(3)8-7-18-13(2)21-11-27-18/h5-6,9,11H,7-8,10H2,1-4H3. The summed E-state index contributed by atoms with van der Waals surface area (Å²) in [6.07, 6.45) is 0.776. The van der Waals surface area contributed by atoms with Crippen LogP contribution in [0, 0.1) is 13.8 Å². The van der Waals surface area contributed by atoms with Gasteiger partial charge in [0.25, 0.3) is 0 Å². The van der Waals surface area contributed by atoms with E-state index in [-0.39, 0.29) is 12.3 Å². The molecule has 0 saturated heterocycles. The number of benzene rings is 1. The summed E-state index contributed by atoms with van der Waals surface area (Å²) in [5, 5.41) is 0.807. The zero-order valence-corrected chi connectivity index (χ0v) is 16.7. The highest BCUT2D eigenvalue weighted by Gasteiger charge is 2.18. The molecular formula is C20H22N2O4S. The van der Waals surface area contributed by atoms with Crippen molar-refractivity contribution in [2.75, 3.05) is 20.7 Å². The summed E-state index contributed by atoms with van der Waals surface area (Å²) >= 11 is 1.59. The van der Waals surface area contributed by atoms with Crippen LogP contribution in [0.1, 0.15) is 21.7 Å². The second-order valence-corrected chi connectivity index (χ2v) is 7.40. The highest BCUT2D eigenvalue weighted by atomic mass is 32.1. The Hall–Kier alpha value is -2.67. The van der Waals surface area contributed by atoms with Gasteiger partial charge in [-0.25, -0.2) is 9.78 Å². The van der Waals surface area contributed by atoms with Gasteiger partial charge in [-0.2, -0.15) is 0 Å². The normalized spacial score (nSPS) is 11.0. The van der Waals surface area contributed by atoms with E-state index >= 15 is 0 Å². The van der Waals surface area contributed by atoms with Crippen LogP contribution in [0.3, 0.4) is 0 Å². The lowest BCUT2D eigenvalue weighted by molar-refractivity contribution is -0.129. The lowest BCUT2D eigenvalue weighted by Crippen LogP contribution is -2.31. The molecule has 0 atom stereocenters. The van der Waals surface area contributed by atoms with E-state index in [0.717, 1.165) is 23.1 Å². The van der Waals surface area contributed by atoms with Gasteiger partial charge in [0.05, 0.1) is 30.3 Å². The minimum absolute atomic E-state index is 0.0221. The number of aromatic nitrogens is 1. The topological polar surface area (TPSA) is 72.6 Å².